The lowest BCUT2D eigenvalue weighted by molar-refractivity contribution is -0.154. The summed E-state index contributed by atoms with van der Waals surface area (Å²) >= 11 is 1.73. The van der Waals surface area contributed by atoms with Crippen LogP contribution in [0.2, 0.25) is 0 Å². The molecule has 3 saturated heterocycles. The van der Waals surface area contributed by atoms with Gasteiger partial charge in [0.2, 0.25) is 11.8 Å². The Balaban J connectivity index is 1.61. The number of fused-ring (bicyclic) bond motifs is 1. The van der Waals surface area contributed by atoms with Gasteiger partial charge in [-0.25, -0.2) is 0 Å². The number of carbonyl (C=O) groups is 3. The Morgan fingerprint density at radius 2 is 1.85 bits per heavy atom. The van der Waals surface area contributed by atoms with Crippen LogP contribution in [0.25, 0.3) is 0 Å². The highest BCUT2D eigenvalue weighted by molar-refractivity contribution is 8.02. The quantitative estimate of drug-likeness (QED) is 0.156. The molecule has 6 atom stereocenters. The van der Waals surface area contributed by atoms with Crippen molar-refractivity contribution in [2.75, 3.05) is 26.3 Å². The van der Waals surface area contributed by atoms with Gasteiger partial charge in [0.05, 0.1) is 23.2 Å². The predicted molar refractivity (Wildman–Crippen MR) is 160 cm³/mol. The monoisotopic (exact) mass is 574 g/mol. The Labute approximate surface area is 245 Å². The van der Waals surface area contributed by atoms with E-state index in [0.717, 1.165) is 77.0 Å². The minimum atomic E-state index is -0.607. The van der Waals surface area contributed by atoms with E-state index in [-0.39, 0.29) is 41.6 Å². The molecular formula is C32H50N2O5S. The van der Waals surface area contributed by atoms with Gasteiger partial charge in [-0.3, -0.25) is 14.4 Å². The molecule has 4 fully saturated rings. The summed E-state index contributed by atoms with van der Waals surface area (Å²) in [4.78, 5) is 46.3. The Morgan fingerprint density at radius 1 is 1.10 bits per heavy atom. The number of amides is 2. The number of hydrogen-bond donors (Lipinski definition) is 1. The van der Waals surface area contributed by atoms with Crippen LogP contribution in [-0.2, 0) is 19.1 Å². The van der Waals surface area contributed by atoms with Crippen LogP contribution in [0.5, 0.6) is 0 Å². The molecule has 7 nitrogen and oxygen atoms in total. The number of rotatable bonds is 16. The van der Waals surface area contributed by atoms with Crippen LogP contribution in [0.4, 0.5) is 0 Å². The highest BCUT2D eigenvalue weighted by Crippen LogP contribution is 2.68. The molecule has 0 aromatic heterocycles. The Kier molecular flexibility index (Phi) is 11.2. The molecule has 4 aliphatic rings. The van der Waals surface area contributed by atoms with Crippen molar-refractivity contribution in [2.24, 2.45) is 17.8 Å². The summed E-state index contributed by atoms with van der Waals surface area (Å²) in [5.74, 6) is -1.14. The van der Waals surface area contributed by atoms with E-state index in [0.29, 0.717) is 19.7 Å². The van der Waals surface area contributed by atoms with Crippen LogP contribution < -0.4 is 0 Å². The summed E-state index contributed by atoms with van der Waals surface area (Å²) in [6, 6.07) is -0.397. The fourth-order valence-electron chi connectivity index (χ4n) is 7.82. The molecule has 3 heterocycles. The summed E-state index contributed by atoms with van der Waals surface area (Å²) in [5.41, 5.74) is 0. The van der Waals surface area contributed by atoms with E-state index in [4.69, 9.17) is 4.74 Å². The van der Waals surface area contributed by atoms with Gasteiger partial charge in [-0.15, -0.1) is 24.9 Å². The highest BCUT2D eigenvalue weighted by Gasteiger charge is 2.76. The Morgan fingerprint density at radius 3 is 2.55 bits per heavy atom. The number of hydrogen-bond acceptors (Lipinski definition) is 6. The normalized spacial score (nSPS) is 31.3. The Bertz CT molecular complexity index is 921. The van der Waals surface area contributed by atoms with Crippen molar-refractivity contribution in [3.63, 3.8) is 0 Å². The number of aliphatic hydroxyl groups excluding tert-OH is 1. The molecule has 1 spiro atoms. The standard InChI is InChI=1S/C32H50N2O5S/c1-4-6-7-15-21-39-31(38)26-25-22-23(3)32(40-25)27(26)29(36)34(19-13-8-9-14-20-35)28(32)30(37)33(18-5-2)24-16-11-10-12-17-24/h4-5,23-28,35H,1-2,6-22H2,3H3/t23?,25-,26+,27+,28?,32?/m1/s1. The minimum Gasteiger partial charge on any atom is -0.465 e. The number of nitrogens with zero attached hydrogens (tertiary/aromatic N) is 2. The van der Waals surface area contributed by atoms with Crippen LogP contribution in [0, 0.1) is 17.8 Å². The van der Waals surface area contributed by atoms with E-state index in [1.54, 1.807) is 11.8 Å². The van der Waals surface area contributed by atoms with Crippen molar-refractivity contribution < 1.29 is 24.2 Å². The van der Waals surface area contributed by atoms with Crippen LogP contribution in [0.15, 0.2) is 25.3 Å². The van der Waals surface area contributed by atoms with Gasteiger partial charge in [0, 0.05) is 31.0 Å². The maximum absolute atomic E-state index is 14.7. The average molecular weight is 575 g/mol. The summed E-state index contributed by atoms with van der Waals surface area (Å²) in [5, 5.41) is 9.20. The third-order valence-corrected chi connectivity index (χ3v) is 11.8. The van der Waals surface area contributed by atoms with Crippen LogP contribution in [0.1, 0.15) is 90.4 Å². The molecule has 1 aliphatic carbocycles. The third kappa shape index (κ3) is 6.04. The van der Waals surface area contributed by atoms with Crippen molar-refractivity contribution in [1.29, 1.82) is 0 Å². The molecule has 1 N–H and O–H groups in total. The van der Waals surface area contributed by atoms with Gasteiger partial charge in [-0.2, -0.15) is 0 Å². The largest absolute Gasteiger partial charge is 0.465 e. The summed E-state index contributed by atoms with van der Waals surface area (Å²) in [6.07, 6.45) is 15.8. The zero-order valence-electron chi connectivity index (χ0n) is 24.4. The van der Waals surface area contributed by atoms with Crippen molar-refractivity contribution in [3.05, 3.63) is 25.3 Å². The number of unbranched alkanes of at least 4 members (excludes halogenated alkanes) is 5. The van der Waals surface area contributed by atoms with Gasteiger partial charge in [0.15, 0.2) is 0 Å². The van der Waals surface area contributed by atoms with E-state index in [1.807, 2.05) is 22.0 Å². The number of ether oxygens (including phenoxy) is 1. The maximum atomic E-state index is 14.7. The molecule has 0 aromatic rings. The number of aliphatic hydroxyl groups is 1. The fraction of sp³-hybridized carbons (Fsp3) is 0.781. The summed E-state index contributed by atoms with van der Waals surface area (Å²) < 4.78 is 5.16. The second kappa shape index (κ2) is 14.4. The Hall–Kier alpha value is -1.80. The number of thioether (sulfide) groups is 1. The molecule has 0 aromatic carbocycles. The van der Waals surface area contributed by atoms with Gasteiger partial charge >= 0.3 is 5.97 Å². The van der Waals surface area contributed by atoms with E-state index in [2.05, 4.69) is 20.1 Å². The zero-order chi connectivity index (χ0) is 28.7. The van der Waals surface area contributed by atoms with E-state index in [1.165, 1.54) is 6.42 Å². The lowest BCUT2D eigenvalue weighted by atomic mass is 9.66. The van der Waals surface area contributed by atoms with E-state index < -0.39 is 22.6 Å². The van der Waals surface area contributed by atoms with Crippen molar-refractivity contribution in [1.82, 2.24) is 9.80 Å². The lowest BCUT2D eigenvalue weighted by Gasteiger charge is -2.43. The first kappa shape index (κ1) is 31.1. The average Bonchev–Trinajstić information content (AvgIpc) is 3.55. The third-order valence-electron chi connectivity index (χ3n) is 9.73. The lowest BCUT2D eigenvalue weighted by Crippen LogP contribution is -2.59. The second-order valence-corrected chi connectivity index (χ2v) is 13.8. The number of esters is 1. The van der Waals surface area contributed by atoms with Gasteiger partial charge in [-0.1, -0.05) is 51.2 Å². The fourth-order valence-corrected chi connectivity index (χ4v) is 10.2. The highest BCUT2D eigenvalue weighted by atomic mass is 32.2. The van der Waals surface area contributed by atoms with Crippen molar-refractivity contribution in [2.45, 2.75) is 112 Å². The molecule has 0 radical (unpaired) electrons. The smallest absolute Gasteiger partial charge is 0.310 e. The molecule has 8 heteroatoms. The molecule has 2 amide bonds. The molecule has 1 saturated carbocycles. The van der Waals surface area contributed by atoms with Gasteiger partial charge in [0.1, 0.15) is 6.04 Å². The SMILES string of the molecule is C=CCCCCOC(=O)[C@@H]1[C@H]2C(=O)N(CCCCCCO)C(C(=O)N(CC=C)C3CCCCC3)C23S[C@@H]1CC3C. The number of carbonyl (C=O) groups excluding carboxylic acids is 3. The summed E-state index contributed by atoms with van der Waals surface area (Å²) in [7, 11) is 0. The molecule has 3 unspecified atom stereocenters. The molecule has 224 valence electrons. The molecule has 3 aliphatic heterocycles. The number of allylic oxidation sites excluding steroid dienone is 1. The van der Waals surface area contributed by atoms with Crippen LogP contribution >= 0.6 is 11.8 Å². The van der Waals surface area contributed by atoms with Crippen molar-refractivity contribution >= 4 is 29.5 Å². The molecule has 2 bridgehead atoms. The van der Waals surface area contributed by atoms with Crippen molar-refractivity contribution in [3.8, 4) is 0 Å². The zero-order valence-corrected chi connectivity index (χ0v) is 25.3. The number of likely N-dealkylation sites (tertiary alicyclic amines) is 1. The first-order valence-corrected chi connectivity index (χ1v) is 16.6. The van der Waals surface area contributed by atoms with Crippen LogP contribution in [-0.4, -0.2) is 81.1 Å². The van der Waals surface area contributed by atoms with Gasteiger partial charge < -0.3 is 19.6 Å². The predicted octanol–water partition coefficient (Wildman–Crippen LogP) is 5.12. The molecule has 4 rings (SSSR count). The molecule has 40 heavy (non-hydrogen) atoms. The van der Waals surface area contributed by atoms with Crippen LogP contribution in [0.3, 0.4) is 0 Å². The minimum absolute atomic E-state index is 0.00849. The molecular weight excluding hydrogens is 524 g/mol. The maximum Gasteiger partial charge on any atom is 0.310 e. The topological polar surface area (TPSA) is 87.1 Å². The first-order valence-electron chi connectivity index (χ1n) is 15.7. The first-order chi connectivity index (χ1) is 19.4. The summed E-state index contributed by atoms with van der Waals surface area (Å²) in [6.45, 7) is 11.4. The van der Waals surface area contributed by atoms with E-state index in [9.17, 15) is 19.5 Å². The van der Waals surface area contributed by atoms with Gasteiger partial charge in [0.25, 0.3) is 0 Å². The van der Waals surface area contributed by atoms with E-state index >= 15 is 0 Å². The second-order valence-electron chi connectivity index (χ2n) is 12.2. The van der Waals surface area contributed by atoms with Gasteiger partial charge in [-0.05, 0) is 57.3 Å².